The number of allylic oxidation sites excluding steroid dienone is 1. The summed E-state index contributed by atoms with van der Waals surface area (Å²) in [6.07, 6.45) is 6.84. The number of rotatable bonds is 2. The number of fused-ring (bicyclic) bond motifs is 3. The topological polar surface area (TPSA) is 25.2 Å². The Morgan fingerprint density at radius 3 is 2.62 bits per heavy atom. The molecular formula is C30H24IrN2S-2. The molecule has 1 aliphatic heterocycles. The van der Waals surface area contributed by atoms with Crippen LogP contribution in [0.15, 0.2) is 90.1 Å². The van der Waals surface area contributed by atoms with Crippen LogP contribution in [0.25, 0.3) is 31.4 Å². The fourth-order valence-electron chi connectivity index (χ4n) is 3.57. The molecule has 5 aromatic rings. The van der Waals surface area contributed by atoms with Crippen molar-refractivity contribution in [3.63, 3.8) is 0 Å². The van der Waals surface area contributed by atoms with E-state index in [-0.39, 0.29) is 43.4 Å². The van der Waals surface area contributed by atoms with Crippen molar-refractivity contribution >= 4 is 37.2 Å². The Morgan fingerprint density at radius 1 is 0.941 bits per heavy atom. The van der Waals surface area contributed by atoms with Gasteiger partial charge in [0.1, 0.15) is 0 Å². The molecule has 0 fully saturated rings. The molecule has 2 aromatic heterocycles. The molecule has 4 heteroatoms. The second-order valence-electron chi connectivity index (χ2n) is 7.48. The van der Waals surface area contributed by atoms with E-state index in [2.05, 4.69) is 34.2 Å². The van der Waals surface area contributed by atoms with Gasteiger partial charge in [-0.3, -0.25) is 0 Å². The quantitative estimate of drug-likeness (QED) is 0.178. The van der Waals surface area contributed by atoms with Crippen molar-refractivity contribution in [2.24, 2.45) is 4.99 Å². The maximum absolute atomic E-state index is 8.15. The van der Waals surface area contributed by atoms with Crippen LogP contribution in [0.3, 0.4) is 0 Å². The van der Waals surface area contributed by atoms with Crippen LogP contribution in [-0.2, 0) is 20.1 Å². The number of pyridine rings is 1. The molecule has 3 aromatic carbocycles. The molecule has 3 heterocycles. The molecule has 0 N–H and O–H groups in total. The van der Waals surface area contributed by atoms with E-state index in [0.717, 1.165) is 39.6 Å². The molecule has 6 rings (SSSR count). The monoisotopic (exact) mass is 645 g/mol. The van der Waals surface area contributed by atoms with Crippen molar-refractivity contribution in [3.05, 3.63) is 114 Å². The summed E-state index contributed by atoms with van der Waals surface area (Å²) < 4.78 is 62.5. The molecule has 0 atom stereocenters. The van der Waals surface area contributed by atoms with Crippen LogP contribution in [0.2, 0.25) is 0 Å². The molecule has 0 saturated heterocycles. The first-order valence-corrected chi connectivity index (χ1v) is 11.3. The number of thiophene rings is 1. The Bertz CT molecular complexity index is 1790. The minimum atomic E-state index is -2.45. The first-order valence-electron chi connectivity index (χ1n) is 14.5. The number of aromatic nitrogens is 1. The van der Waals surface area contributed by atoms with Gasteiger partial charge in [-0.05, 0) is 52.8 Å². The Kier molecular flexibility index (Phi) is 5.15. The van der Waals surface area contributed by atoms with Crippen LogP contribution in [0.1, 0.15) is 40.5 Å². The third-order valence-electron chi connectivity index (χ3n) is 5.21. The van der Waals surface area contributed by atoms with Gasteiger partial charge in [-0.15, -0.1) is 59.2 Å². The van der Waals surface area contributed by atoms with Crippen molar-refractivity contribution in [2.45, 2.75) is 26.5 Å². The fourth-order valence-corrected chi connectivity index (χ4v) is 4.69. The van der Waals surface area contributed by atoms with E-state index >= 15 is 0 Å². The molecule has 0 amide bonds. The summed E-state index contributed by atoms with van der Waals surface area (Å²) in [5.74, 6) is 0. The van der Waals surface area contributed by atoms with Gasteiger partial charge in [0.2, 0.25) is 0 Å². The summed E-state index contributed by atoms with van der Waals surface area (Å²) in [6.45, 7) is -4.50. The van der Waals surface area contributed by atoms with Gasteiger partial charge in [0.05, 0.1) is 2.74 Å². The summed E-state index contributed by atoms with van der Waals surface area (Å²) in [5.41, 5.74) is 2.84. The summed E-state index contributed by atoms with van der Waals surface area (Å²) in [5, 5.41) is 2.24. The molecule has 34 heavy (non-hydrogen) atoms. The number of aryl methyl sites for hydroxylation is 2. The van der Waals surface area contributed by atoms with Crippen LogP contribution >= 0.6 is 11.3 Å². The summed E-state index contributed by atoms with van der Waals surface area (Å²) in [6, 6.07) is 22.4. The smallest absolute Gasteiger partial charge is 0.0618 e. The van der Waals surface area contributed by atoms with E-state index in [0.29, 0.717) is 11.1 Å². The third kappa shape index (κ3) is 5.42. The number of benzene rings is 3. The van der Waals surface area contributed by atoms with E-state index < -0.39 is 13.7 Å². The Hall–Kier alpha value is -2.91. The normalized spacial score (nSPS) is 16.8. The molecule has 0 bridgehead atoms. The van der Waals surface area contributed by atoms with Gasteiger partial charge >= 0.3 is 0 Å². The SMILES string of the molecule is [2H]C([2H])([2H])c1c[c-]c(C2=NC=CCC2)cc1.[2H]c1c(C([2H])([2H])[2H])cnc(-c2[c-]cc3c(c2)sc2ccccc23)c1[2H].[Ir]. The van der Waals surface area contributed by atoms with Gasteiger partial charge in [0.15, 0.2) is 0 Å². The predicted molar refractivity (Wildman–Crippen MR) is 141 cm³/mol. The van der Waals surface area contributed by atoms with Crippen molar-refractivity contribution in [3.8, 4) is 11.3 Å². The molecule has 1 radical (unpaired) electrons. The first-order chi connectivity index (χ1) is 19.4. The van der Waals surface area contributed by atoms with Crippen LogP contribution in [-0.4, -0.2) is 10.7 Å². The van der Waals surface area contributed by atoms with Gasteiger partial charge in [-0.25, -0.2) is 0 Å². The van der Waals surface area contributed by atoms with Gasteiger partial charge in [-0.1, -0.05) is 48.6 Å². The van der Waals surface area contributed by atoms with Crippen molar-refractivity contribution in [1.29, 1.82) is 0 Å². The number of nitrogens with zero attached hydrogens (tertiary/aromatic N) is 2. The zero-order valence-electron chi connectivity index (χ0n) is 26.0. The van der Waals surface area contributed by atoms with E-state index in [9.17, 15) is 0 Å². The van der Waals surface area contributed by atoms with Gasteiger partial charge < -0.3 is 9.98 Å². The van der Waals surface area contributed by atoms with Crippen molar-refractivity contribution in [1.82, 2.24) is 4.98 Å². The minimum Gasteiger partial charge on any atom is -0.309 e. The van der Waals surface area contributed by atoms with E-state index in [4.69, 9.17) is 11.0 Å². The second kappa shape index (κ2) is 11.0. The zero-order chi connectivity index (χ0) is 29.4. The largest absolute Gasteiger partial charge is 0.309 e. The summed E-state index contributed by atoms with van der Waals surface area (Å²) >= 11 is 1.64. The molecule has 0 aliphatic carbocycles. The Balaban J connectivity index is 0.000000207. The number of hydrogen-bond donors (Lipinski definition) is 0. The number of hydrogen-bond acceptors (Lipinski definition) is 3. The average molecular weight is 645 g/mol. The first kappa shape index (κ1) is 15.9. The molecule has 171 valence electrons. The fraction of sp³-hybridized carbons (Fsp3) is 0.133. The Morgan fingerprint density at radius 2 is 1.82 bits per heavy atom. The summed E-state index contributed by atoms with van der Waals surface area (Å²) in [4.78, 5) is 8.40. The molecule has 0 unspecified atom stereocenters. The van der Waals surface area contributed by atoms with Crippen LogP contribution in [0, 0.1) is 25.8 Å². The predicted octanol–water partition coefficient (Wildman–Crippen LogP) is 8.11. The summed E-state index contributed by atoms with van der Waals surface area (Å²) in [7, 11) is 0. The van der Waals surface area contributed by atoms with Crippen LogP contribution < -0.4 is 0 Å². The molecule has 0 spiro atoms. The van der Waals surface area contributed by atoms with E-state index in [1.807, 2.05) is 30.3 Å². The maximum Gasteiger partial charge on any atom is 0.0618 e. The number of aliphatic imine (C=N–C) groups is 1. The standard InChI is InChI=1S/C18H12NS.C12H12N.Ir/c1-12-6-9-16(19-11-12)13-7-8-15-14-4-2-3-5-17(14)20-18(15)10-13;1-10-5-7-11(8-6-10)12-4-2-3-9-13-12;/h2-6,8-11H,1H3;3,5-7,9H,2,4H2,1H3;/q2*-1;/i1D3,6D,9D;1D3;. The van der Waals surface area contributed by atoms with Crippen molar-refractivity contribution < 1.29 is 31.1 Å². The minimum absolute atomic E-state index is 0. The van der Waals surface area contributed by atoms with Crippen LogP contribution in [0.4, 0.5) is 0 Å². The molecule has 1 aliphatic rings. The van der Waals surface area contributed by atoms with Gasteiger partial charge in [-0.2, -0.15) is 11.3 Å². The van der Waals surface area contributed by atoms with E-state index in [1.54, 1.807) is 29.7 Å². The van der Waals surface area contributed by atoms with Crippen LogP contribution in [0.5, 0.6) is 0 Å². The second-order valence-corrected chi connectivity index (χ2v) is 8.57. The van der Waals surface area contributed by atoms with E-state index in [1.165, 1.54) is 17.0 Å². The molecule has 0 saturated carbocycles. The third-order valence-corrected chi connectivity index (χ3v) is 6.34. The van der Waals surface area contributed by atoms with Gasteiger partial charge in [0, 0.05) is 45.4 Å². The Labute approximate surface area is 229 Å². The molecule has 2 nitrogen and oxygen atoms in total. The maximum atomic E-state index is 8.15. The van der Waals surface area contributed by atoms with Crippen molar-refractivity contribution in [2.75, 3.05) is 0 Å². The average Bonchev–Trinajstić information content (AvgIpc) is 3.32. The van der Waals surface area contributed by atoms with Gasteiger partial charge in [0.25, 0.3) is 0 Å². The molecular weight excluding hydrogens is 613 g/mol. The zero-order valence-corrected chi connectivity index (χ0v) is 21.2.